The van der Waals surface area contributed by atoms with Gasteiger partial charge in [-0.15, -0.1) is 8.78 Å². The van der Waals surface area contributed by atoms with Crippen molar-refractivity contribution in [1.82, 2.24) is 4.98 Å². The molecule has 1 aromatic heterocycles. The minimum Gasteiger partial charge on any atom is -0.435 e. The van der Waals surface area contributed by atoms with Crippen LogP contribution in [0.1, 0.15) is 22.2 Å². The number of aromatic nitrogens is 1. The van der Waals surface area contributed by atoms with Gasteiger partial charge in [-0.25, -0.2) is 4.98 Å². The van der Waals surface area contributed by atoms with E-state index in [0.717, 1.165) is 11.3 Å². The van der Waals surface area contributed by atoms with Crippen molar-refractivity contribution < 1.29 is 41.4 Å². The molecule has 0 fully saturated rings. The zero-order valence-corrected chi connectivity index (χ0v) is 18.5. The SMILES string of the molecule is C[C@H](C(N)=O)N(c1ccc2c(c1)OC(F)(F)O2)c1nc(N)c(C(=O)c2ccc(OC(F)F)cc2)s1. The van der Waals surface area contributed by atoms with Crippen LogP contribution in [-0.2, 0) is 4.79 Å². The molecule has 0 bridgehead atoms. The number of hydrogen-bond acceptors (Lipinski definition) is 9. The Morgan fingerprint density at radius 3 is 2.40 bits per heavy atom. The van der Waals surface area contributed by atoms with Crippen LogP contribution in [0, 0.1) is 0 Å². The molecule has 2 heterocycles. The molecule has 1 atom stereocenters. The van der Waals surface area contributed by atoms with Crippen LogP contribution in [0.2, 0.25) is 0 Å². The number of hydrogen-bond donors (Lipinski definition) is 2. The molecule has 184 valence electrons. The third kappa shape index (κ3) is 4.91. The average Bonchev–Trinajstić information content (AvgIpc) is 3.30. The summed E-state index contributed by atoms with van der Waals surface area (Å²) in [5.41, 5.74) is 11.7. The number of nitrogens with zero attached hydrogens (tertiary/aromatic N) is 2. The molecule has 35 heavy (non-hydrogen) atoms. The van der Waals surface area contributed by atoms with E-state index in [-0.39, 0.29) is 44.3 Å². The molecular weight excluding hydrogens is 496 g/mol. The Morgan fingerprint density at radius 2 is 1.77 bits per heavy atom. The van der Waals surface area contributed by atoms with Crippen LogP contribution >= 0.6 is 11.3 Å². The van der Waals surface area contributed by atoms with E-state index in [2.05, 4.69) is 19.2 Å². The van der Waals surface area contributed by atoms with E-state index in [1.807, 2.05) is 0 Å². The summed E-state index contributed by atoms with van der Waals surface area (Å²) in [6.07, 6.45) is -3.85. The van der Waals surface area contributed by atoms with Crippen LogP contribution in [0.4, 0.5) is 34.2 Å². The highest BCUT2D eigenvalue weighted by molar-refractivity contribution is 7.18. The molecule has 4 rings (SSSR count). The summed E-state index contributed by atoms with van der Waals surface area (Å²) in [6, 6.07) is 7.72. The number of rotatable bonds is 8. The lowest BCUT2D eigenvalue weighted by atomic mass is 10.1. The van der Waals surface area contributed by atoms with Gasteiger partial charge in [0.15, 0.2) is 16.6 Å². The predicted octanol–water partition coefficient (Wildman–Crippen LogP) is 3.89. The van der Waals surface area contributed by atoms with Crippen LogP contribution < -0.4 is 30.6 Å². The van der Waals surface area contributed by atoms with Gasteiger partial charge in [0.25, 0.3) is 0 Å². The number of benzene rings is 2. The zero-order chi connectivity index (χ0) is 25.5. The fourth-order valence-electron chi connectivity index (χ4n) is 3.22. The number of ether oxygens (including phenoxy) is 3. The smallest absolute Gasteiger partial charge is 0.435 e. The third-order valence-electron chi connectivity index (χ3n) is 4.86. The van der Waals surface area contributed by atoms with Gasteiger partial charge in [0.05, 0.1) is 0 Å². The number of carbonyl (C=O) groups is 2. The molecule has 0 unspecified atom stereocenters. The molecule has 3 aromatic rings. The van der Waals surface area contributed by atoms with E-state index in [9.17, 15) is 27.2 Å². The fraction of sp³-hybridized carbons (Fsp3) is 0.190. The quantitative estimate of drug-likeness (QED) is 0.344. The molecule has 0 saturated carbocycles. The number of nitrogen functional groups attached to an aromatic ring is 1. The zero-order valence-electron chi connectivity index (χ0n) is 17.7. The first-order valence-corrected chi connectivity index (χ1v) is 10.6. The number of ketones is 1. The van der Waals surface area contributed by atoms with Gasteiger partial charge in [-0.2, -0.15) is 8.78 Å². The van der Waals surface area contributed by atoms with Gasteiger partial charge < -0.3 is 30.6 Å². The van der Waals surface area contributed by atoms with E-state index >= 15 is 0 Å². The summed E-state index contributed by atoms with van der Waals surface area (Å²) >= 11 is 0.820. The molecule has 9 nitrogen and oxygen atoms in total. The summed E-state index contributed by atoms with van der Waals surface area (Å²) in [7, 11) is 0. The maximum atomic E-state index is 13.4. The van der Waals surface area contributed by atoms with Crippen molar-refractivity contribution in [2.45, 2.75) is 25.9 Å². The minimum absolute atomic E-state index is 0.00326. The average molecular weight is 512 g/mol. The van der Waals surface area contributed by atoms with Crippen molar-refractivity contribution in [3.8, 4) is 17.2 Å². The number of amides is 1. The van der Waals surface area contributed by atoms with Crippen molar-refractivity contribution >= 4 is 39.7 Å². The largest absolute Gasteiger partial charge is 0.586 e. The van der Waals surface area contributed by atoms with Crippen LogP contribution in [0.5, 0.6) is 17.2 Å². The number of carbonyl (C=O) groups excluding carboxylic acids is 2. The van der Waals surface area contributed by atoms with Gasteiger partial charge >= 0.3 is 12.9 Å². The van der Waals surface area contributed by atoms with Crippen molar-refractivity contribution in [2.24, 2.45) is 5.73 Å². The standard InChI is InChI=1S/C21H16F4N4O5S/c1-9(18(27)31)29(11-4-7-13-14(8-11)34-21(24,25)33-13)20-28-17(26)16(35-20)15(30)10-2-5-12(6-3-10)32-19(22)23/h2-9,19H,26H2,1H3,(H2,27,31)/t9-/m1/s1. The van der Waals surface area contributed by atoms with Gasteiger partial charge in [-0.05, 0) is 43.3 Å². The minimum atomic E-state index is -3.85. The summed E-state index contributed by atoms with van der Waals surface area (Å²) in [6.45, 7) is -1.57. The second kappa shape index (κ2) is 8.94. The van der Waals surface area contributed by atoms with E-state index in [1.165, 1.54) is 54.3 Å². The summed E-state index contributed by atoms with van der Waals surface area (Å²) in [4.78, 5) is 30.4. The van der Waals surface area contributed by atoms with Gasteiger partial charge in [-0.3, -0.25) is 9.59 Å². The topological polar surface area (TPSA) is 130 Å². The maximum Gasteiger partial charge on any atom is 0.586 e. The van der Waals surface area contributed by atoms with Gasteiger partial charge in [0, 0.05) is 17.3 Å². The van der Waals surface area contributed by atoms with Crippen LogP contribution in [0.15, 0.2) is 42.5 Å². The predicted molar refractivity (Wildman–Crippen MR) is 116 cm³/mol. The number of fused-ring (bicyclic) bond motifs is 1. The molecule has 0 saturated heterocycles. The highest BCUT2D eigenvalue weighted by Crippen LogP contribution is 2.45. The van der Waals surface area contributed by atoms with Crippen molar-refractivity contribution in [3.63, 3.8) is 0 Å². The summed E-state index contributed by atoms with van der Waals surface area (Å²) < 4.78 is 64.7. The molecule has 14 heteroatoms. The molecule has 4 N–H and O–H groups in total. The lowest BCUT2D eigenvalue weighted by Gasteiger charge is -2.26. The van der Waals surface area contributed by atoms with Crippen molar-refractivity contribution in [1.29, 1.82) is 0 Å². The second-order valence-corrected chi connectivity index (χ2v) is 8.17. The Kier molecular flexibility index (Phi) is 6.15. The first-order chi connectivity index (χ1) is 16.4. The Labute approximate surface area is 198 Å². The van der Waals surface area contributed by atoms with Crippen LogP contribution in [0.25, 0.3) is 0 Å². The number of nitrogens with two attached hydrogens (primary N) is 2. The third-order valence-corrected chi connectivity index (χ3v) is 5.93. The highest BCUT2D eigenvalue weighted by Gasteiger charge is 2.44. The van der Waals surface area contributed by atoms with Gasteiger partial charge in [0.2, 0.25) is 11.7 Å². The normalized spacial score (nSPS) is 14.6. The van der Waals surface area contributed by atoms with E-state index in [1.54, 1.807) is 0 Å². The number of anilines is 3. The van der Waals surface area contributed by atoms with Gasteiger partial charge in [-0.1, -0.05) is 11.3 Å². The lowest BCUT2D eigenvalue weighted by molar-refractivity contribution is -0.286. The van der Waals surface area contributed by atoms with Crippen molar-refractivity contribution in [3.05, 3.63) is 52.9 Å². The molecule has 1 amide bonds. The van der Waals surface area contributed by atoms with E-state index in [0.29, 0.717) is 0 Å². The van der Waals surface area contributed by atoms with Crippen LogP contribution in [0.3, 0.4) is 0 Å². The summed E-state index contributed by atoms with van der Waals surface area (Å²) in [5.74, 6) is -2.13. The molecule has 0 aliphatic carbocycles. The van der Waals surface area contributed by atoms with Crippen molar-refractivity contribution in [2.75, 3.05) is 10.6 Å². The fourth-order valence-corrected chi connectivity index (χ4v) is 4.27. The Balaban J connectivity index is 1.68. The molecule has 2 aromatic carbocycles. The molecule has 1 aliphatic heterocycles. The first-order valence-electron chi connectivity index (χ1n) is 9.79. The highest BCUT2D eigenvalue weighted by atomic mass is 32.1. The monoisotopic (exact) mass is 512 g/mol. The molecule has 0 spiro atoms. The number of primary amides is 1. The van der Waals surface area contributed by atoms with E-state index < -0.39 is 30.6 Å². The Morgan fingerprint density at radius 1 is 1.11 bits per heavy atom. The Hall–Kier alpha value is -4.07. The van der Waals surface area contributed by atoms with E-state index in [4.69, 9.17) is 11.5 Å². The maximum absolute atomic E-state index is 13.4. The molecular formula is C21H16F4N4O5S. The first kappa shape index (κ1) is 24.1. The summed E-state index contributed by atoms with van der Waals surface area (Å²) in [5, 5.41) is 0.0698. The lowest BCUT2D eigenvalue weighted by Crippen LogP contribution is -2.39. The molecule has 0 radical (unpaired) electrons. The Bertz CT molecular complexity index is 1290. The van der Waals surface area contributed by atoms with Crippen LogP contribution in [-0.4, -0.2) is 35.6 Å². The number of halogens is 4. The second-order valence-electron chi connectivity index (χ2n) is 7.19. The number of alkyl halides is 4. The molecule has 1 aliphatic rings. The number of thiazole rings is 1. The van der Waals surface area contributed by atoms with Gasteiger partial charge in [0.1, 0.15) is 22.5 Å².